The number of unbranched alkanes of at least 4 members (excludes halogenated alkanes) is 1. The van der Waals surface area contributed by atoms with Gasteiger partial charge in [-0.1, -0.05) is 31.5 Å². The maximum atomic E-state index is 12.7. The summed E-state index contributed by atoms with van der Waals surface area (Å²) in [5.74, 6) is -0.303. The van der Waals surface area contributed by atoms with Crippen LogP contribution in [0.1, 0.15) is 33.1 Å². The number of ketones is 1. The average molecular weight is 278 g/mol. The van der Waals surface area contributed by atoms with Crippen molar-refractivity contribution in [3.8, 4) is 0 Å². The molecule has 102 valence electrons. The van der Waals surface area contributed by atoms with E-state index in [9.17, 15) is 13.2 Å². The molecule has 1 atom stereocenters. The first-order valence-corrected chi connectivity index (χ1v) is 7.98. The Kier molecular flexibility index (Phi) is 3.63. The Morgan fingerprint density at radius 2 is 1.84 bits per heavy atom. The zero-order valence-corrected chi connectivity index (χ0v) is 12.0. The maximum absolute atomic E-state index is 12.7. The quantitative estimate of drug-likeness (QED) is 0.752. The molecular weight excluding hydrogens is 260 g/mol. The second kappa shape index (κ2) is 4.93. The van der Waals surface area contributed by atoms with Crippen LogP contribution in [0.4, 0.5) is 0 Å². The molecule has 1 aliphatic rings. The predicted octanol–water partition coefficient (Wildman–Crippen LogP) is 2.92. The molecule has 1 aliphatic carbocycles. The molecule has 0 fully saturated rings. The summed E-state index contributed by atoms with van der Waals surface area (Å²) < 4.78 is 24.0. The molecule has 0 spiro atoms. The van der Waals surface area contributed by atoms with Crippen molar-refractivity contribution in [2.45, 2.75) is 42.8 Å². The summed E-state index contributed by atoms with van der Waals surface area (Å²) in [5.41, 5.74) is 0.755. The highest BCUT2D eigenvalue weighted by Gasteiger charge is 2.58. The number of carbonyl (C=O) groups is 1. The molecule has 0 bridgehead atoms. The third-order valence-electron chi connectivity index (χ3n) is 3.57. The first-order chi connectivity index (χ1) is 8.96. The van der Waals surface area contributed by atoms with Crippen LogP contribution >= 0.6 is 0 Å². The van der Waals surface area contributed by atoms with Crippen LogP contribution in [-0.2, 0) is 14.6 Å². The van der Waals surface area contributed by atoms with Crippen LogP contribution < -0.4 is 0 Å². The van der Waals surface area contributed by atoms with E-state index in [0.717, 1.165) is 18.4 Å². The minimum Gasteiger partial charge on any atom is -0.297 e. The van der Waals surface area contributed by atoms with Gasteiger partial charge in [0.1, 0.15) is 0 Å². The zero-order chi connectivity index (χ0) is 14.1. The van der Waals surface area contributed by atoms with Gasteiger partial charge in [-0.3, -0.25) is 4.79 Å². The molecule has 0 radical (unpaired) electrons. The summed E-state index contributed by atoms with van der Waals surface area (Å²) in [7, 11) is -3.65. The van der Waals surface area contributed by atoms with E-state index < -0.39 is 14.6 Å². The van der Waals surface area contributed by atoms with Gasteiger partial charge in [-0.2, -0.15) is 0 Å². The number of rotatable bonds is 6. The highest BCUT2D eigenvalue weighted by molar-refractivity contribution is 7.94. The normalized spacial score (nSPS) is 21.9. The monoisotopic (exact) mass is 278 g/mol. The largest absolute Gasteiger partial charge is 0.297 e. The fourth-order valence-electron chi connectivity index (χ4n) is 2.39. The van der Waals surface area contributed by atoms with Gasteiger partial charge < -0.3 is 0 Å². The fourth-order valence-corrected chi connectivity index (χ4v) is 4.40. The van der Waals surface area contributed by atoms with Crippen LogP contribution in [0.15, 0.2) is 46.9 Å². The van der Waals surface area contributed by atoms with E-state index in [1.165, 1.54) is 6.92 Å². The van der Waals surface area contributed by atoms with Gasteiger partial charge in [0.15, 0.2) is 20.4 Å². The molecule has 0 N–H and O–H groups in total. The second-order valence-corrected chi connectivity index (χ2v) is 7.00. The minimum atomic E-state index is -3.65. The number of sulfone groups is 1. The standard InChI is InChI=1S/C15H18O3S/c1-3-4-8-13-11-15(13,12(2)16)19(17,18)14-9-6-5-7-10-14/h5-7,9-11H,3-4,8H2,1-2H3. The van der Waals surface area contributed by atoms with E-state index in [1.54, 1.807) is 36.4 Å². The lowest BCUT2D eigenvalue weighted by Gasteiger charge is -2.16. The summed E-state index contributed by atoms with van der Waals surface area (Å²) in [4.78, 5) is 12.1. The maximum Gasteiger partial charge on any atom is 0.198 e. The summed E-state index contributed by atoms with van der Waals surface area (Å²) >= 11 is 0. The fraction of sp³-hybridized carbons (Fsp3) is 0.400. The molecule has 1 unspecified atom stereocenters. The van der Waals surface area contributed by atoms with E-state index in [2.05, 4.69) is 0 Å². The molecular formula is C15H18O3S. The van der Waals surface area contributed by atoms with Gasteiger partial charge >= 0.3 is 0 Å². The average Bonchev–Trinajstić information content (AvgIpc) is 3.14. The Morgan fingerprint density at radius 1 is 1.21 bits per heavy atom. The topological polar surface area (TPSA) is 51.2 Å². The molecule has 0 amide bonds. The number of Topliss-reactive ketones (excluding diaryl/α,β-unsaturated/α-hetero) is 1. The molecule has 0 aliphatic heterocycles. The molecule has 1 aromatic carbocycles. The summed E-state index contributed by atoms with van der Waals surface area (Å²) in [6, 6.07) is 8.20. The van der Waals surface area contributed by atoms with E-state index >= 15 is 0 Å². The summed E-state index contributed by atoms with van der Waals surface area (Å²) in [6.07, 6.45) is 4.19. The lowest BCUT2D eigenvalue weighted by Crippen LogP contribution is -2.34. The van der Waals surface area contributed by atoms with Gasteiger partial charge in [0.05, 0.1) is 4.90 Å². The van der Waals surface area contributed by atoms with Crippen molar-refractivity contribution in [2.24, 2.45) is 0 Å². The van der Waals surface area contributed by atoms with Crippen molar-refractivity contribution in [1.82, 2.24) is 0 Å². The third-order valence-corrected chi connectivity index (χ3v) is 5.98. The number of carbonyl (C=O) groups excluding carboxylic acids is 1. The van der Waals surface area contributed by atoms with Crippen molar-refractivity contribution in [3.63, 3.8) is 0 Å². The first kappa shape index (κ1) is 14.0. The summed E-state index contributed by atoms with van der Waals surface area (Å²) in [6.45, 7) is 3.40. The lowest BCUT2D eigenvalue weighted by molar-refractivity contribution is -0.116. The van der Waals surface area contributed by atoms with Crippen molar-refractivity contribution < 1.29 is 13.2 Å². The molecule has 0 heterocycles. The smallest absolute Gasteiger partial charge is 0.198 e. The van der Waals surface area contributed by atoms with Crippen molar-refractivity contribution in [2.75, 3.05) is 0 Å². The van der Waals surface area contributed by atoms with E-state index in [1.807, 2.05) is 6.92 Å². The molecule has 2 rings (SSSR count). The van der Waals surface area contributed by atoms with Gasteiger partial charge in [-0.15, -0.1) is 0 Å². The van der Waals surface area contributed by atoms with Crippen LogP contribution in [0.5, 0.6) is 0 Å². The van der Waals surface area contributed by atoms with Gasteiger partial charge in [0, 0.05) is 0 Å². The predicted molar refractivity (Wildman–Crippen MR) is 74.6 cm³/mol. The highest BCUT2D eigenvalue weighted by atomic mass is 32.2. The molecule has 3 nitrogen and oxygen atoms in total. The van der Waals surface area contributed by atoms with Crippen molar-refractivity contribution >= 4 is 15.6 Å². The molecule has 4 heteroatoms. The van der Waals surface area contributed by atoms with E-state index in [-0.39, 0.29) is 10.7 Å². The molecule has 0 saturated carbocycles. The Bertz CT molecular complexity index is 614. The highest BCUT2D eigenvalue weighted by Crippen LogP contribution is 2.48. The second-order valence-electron chi connectivity index (χ2n) is 4.88. The van der Waals surface area contributed by atoms with Gasteiger partial charge in [-0.05, 0) is 43.5 Å². The van der Waals surface area contributed by atoms with E-state index in [0.29, 0.717) is 6.42 Å². The SMILES string of the molecule is CCCCC1=CC1(C(C)=O)S(=O)(=O)c1ccccc1. The van der Waals surface area contributed by atoms with Crippen LogP contribution in [0.2, 0.25) is 0 Å². The van der Waals surface area contributed by atoms with Gasteiger partial charge in [-0.25, -0.2) is 8.42 Å². The van der Waals surface area contributed by atoms with E-state index in [4.69, 9.17) is 0 Å². The number of hydrogen-bond acceptors (Lipinski definition) is 3. The first-order valence-electron chi connectivity index (χ1n) is 6.49. The Balaban J connectivity index is 2.36. The molecule has 1 aromatic rings. The Morgan fingerprint density at radius 3 is 2.37 bits per heavy atom. The zero-order valence-electron chi connectivity index (χ0n) is 11.2. The van der Waals surface area contributed by atoms with Crippen molar-refractivity contribution in [1.29, 1.82) is 0 Å². The van der Waals surface area contributed by atoms with Crippen LogP contribution in [0, 0.1) is 0 Å². The van der Waals surface area contributed by atoms with Gasteiger partial charge in [0.25, 0.3) is 0 Å². The third kappa shape index (κ3) is 2.14. The Labute approximate surface area is 114 Å². The minimum absolute atomic E-state index is 0.216. The van der Waals surface area contributed by atoms with Crippen LogP contribution in [0.25, 0.3) is 0 Å². The number of hydrogen-bond donors (Lipinski definition) is 0. The van der Waals surface area contributed by atoms with Crippen LogP contribution in [-0.4, -0.2) is 18.9 Å². The van der Waals surface area contributed by atoms with Gasteiger partial charge in [0.2, 0.25) is 0 Å². The molecule has 0 saturated heterocycles. The Hall–Kier alpha value is -1.42. The summed E-state index contributed by atoms with van der Waals surface area (Å²) in [5, 5.41) is 0. The molecule has 0 aromatic heterocycles. The van der Waals surface area contributed by atoms with Crippen molar-refractivity contribution in [3.05, 3.63) is 42.0 Å². The lowest BCUT2D eigenvalue weighted by atomic mass is 10.1. The number of benzene rings is 1. The molecule has 19 heavy (non-hydrogen) atoms. The van der Waals surface area contributed by atoms with Crippen LogP contribution in [0.3, 0.4) is 0 Å².